The quantitative estimate of drug-likeness (QED) is 0.596. The van der Waals surface area contributed by atoms with Crippen LogP contribution in [0.25, 0.3) is 6.08 Å². The summed E-state index contributed by atoms with van der Waals surface area (Å²) in [5.41, 5.74) is 3.34. The minimum atomic E-state index is -0.550. The number of benzene rings is 2. The predicted octanol–water partition coefficient (Wildman–Crippen LogP) is 4.40. The number of carbonyl (C=O) groups excluding carboxylic acids is 2. The first-order valence-corrected chi connectivity index (χ1v) is 8.69. The average Bonchev–Trinajstić information content (AvgIpc) is 2.88. The molecule has 0 saturated carbocycles. The molecule has 2 aromatic rings. The summed E-state index contributed by atoms with van der Waals surface area (Å²) in [6.07, 6.45) is 1.59. The van der Waals surface area contributed by atoms with Gasteiger partial charge in [0.25, 0.3) is 5.91 Å². The molecule has 0 bridgehead atoms. The third kappa shape index (κ3) is 3.67. The number of aryl methyl sites for hydroxylation is 1. The van der Waals surface area contributed by atoms with Gasteiger partial charge in [-0.2, -0.15) is 0 Å². The van der Waals surface area contributed by atoms with Crippen molar-refractivity contribution in [1.82, 2.24) is 0 Å². The smallest absolute Gasteiger partial charge is 0.340 e. The number of amides is 1. The highest BCUT2D eigenvalue weighted by Crippen LogP contribution is 2.35. The van der Waals surface area contributed by atoms with E-state index in [1.54, 1.807) is 32.1 Å². The van der Waals surface area contributed by atoms with Crippen molar-refractivity contribution in [3.8, 4) is 0 Å². The van der Waals surface area contributed by atoms with E-state index in [0.717, 1.165) is 5.56 Å². The van der Waals surface area contributed by atoms with E-state index < -0.39 is 5.97 Å². The molecule has 1 amide bonds. The van der Waals surface area contributed by atoms with Crippen molar-refractivity contribution in [2.24, 2.45) is 0 Å². The van der Waals surface area contributed by atoms with Crippen molar-refractivity contribution in [2.45, 2.75) is 20.8 Å². The van der Waals surface area contributed by atoms with Gasteiger partial charge in [-0.3, -0.25) is 9.69 Å². The molecule has 1 aliphatic heterocycles. The van der Waals surface area contributed by atoms with Crippen LogP contribution in [0, 0.1) is 12.7 Å². The van der Waals surface area contributed by atoms with Gasteiger partial charge in [0.2, 0.25) is 0 Å². The minimum absolute atomic E-state index is 0.207. The number of anilines is 1. The number of hydrogen-bond acceptors (Lipinski definition) is 3. The normalized spacial score (nSPS) is 15.6. The molecule has 138 valence electrons. The molecule has 4 nitrogen and oxygen atoms in total. The largest absolute Gasteiger partial charge is 0.462 e. The number of esters is 1. The number of hydrogen-bond donors (Lipinski definition) is 0. The van der Waals surface area contributed by atoms with Crippen LogP contribution < -0.4 is 4.90 Å². The van der Waals surface area contributed by atoms with Crippen molar-refractivity contribution in [1.29, 1.82) is 0 Å². The first-order chi connectivity index (χ1) is 12.9. The van der Waals surface area contributed by atoms with Gasteiger partial charge in [0, 0.05) is 11.4 Å². The van der Waals surface area contributed by atoms with E-state index >= 15 is 0 Å². The third-order valence-corrected chi connectivity index (χ3v) is 4.35. The van der Waals surface area contributed by atoms with Crippen LogP contribution in [-0.2, 0) is 14.3 Å². The Bertz CT molecular complexity index is 941. The van der Waals surface area contributed by atoms with Gasteiger partial charge in [-0.1, -0.05) is 29.8 Å². The van der Waals surface area contributed by atoms with E-state index in [9.17, 15) is 14.0 Å². The molecular weight excluding hydrogens is 345 g/mol. The molecule has 27 heavy (non-hydrogen) atoms. The zero-order valence-corrected chi connectivity index (χ0v) is 15.5. The Kier molecular flexibility index (Phi) is 5.21. The SMILES string of the molecule is CCOC(=O)C1=C(C)N(c2ccc(C)cc2)C(=O)/C1=C\c1ccc(F)cc1. The van der Waals surface area contributed by atoms with Crippen LogP contribution >= 0.6 is 0 Å². The van der Waals surface area contributed by atoms with Crippen LogP contribution in [0.15, 0.2) is 65.4 Å². The van der Waals surface area contributed by atoms with Crippen LogP contribution in [-0.4, -0.2) is 18.5 Å². The molecule has 1 heterocycles. The van der Waals surface area contributed by atoms with E-state index in [4.69, 9.17) is 4.74 Å². The molecule has 0 fully saturated rings. The number of carbonyl (C=O) groups is 2. The molecule has 3 rings (SSSR count). The monoisotopic (exact) mass is 365 g/mol. The molecule has 0 N–H and O–H groups in total. The molecular formula is C22H20FNO3. The topological polar surface area (TPSA) is 46.6 Å². The summed E-state index contributed by atoms with van der Waals surface area (Å²) in [5.74, 6) is -1.23. The van der Waals surface area contributed by atoms with Gasteiger partial charge in [0.15, 0.2) is 0 Å². The van der Waals surface area contributed by atoms with Gasteiger partial charge in [-0.25, -0.2) is 9.18 Å². The average molecular weight is 365 g/mol. The maximum absolute atomic E-state index is 13.2. The molecule has 0 aromatic heterocycles. The fourth-order valence-electron chi connectivity index (χ4n) is 3.01. The van der Waals surface area contributed by atoms with Crippen molar-refractivity contribution in [3.05, 3.63) is 82.3 Å². The number of rotatable bonds is 4. The van der Waals surface area contributed by atoms with Crippen molar-refractivity contribution >= 4 is 23.6 Å². The summed E-state index contributed by atoms with van der Waals surface area (Å²) >= 11 is 0. The summed E-state index contributed by atoms with van der Waals surface area (Å²) in [6, 6.07) is 13.2. The van der Waals surface area contributed by atoms with Crippen molar-refractivity contribution < 1.29 is 18.7 Å². The first kappa shape index (κ1) is 18.6. The second-order valence-corrected chi connectivity index (χ2v) is 6.27. The summed E-state index contributed by atoms with van der Waals surface area (Å²) in [7, 11) is 0. The molecule has 0 unspecified atom stereocenters. The molecule has 0 atom stereocenters. The lowest BCUT2D eigenvalue weighted by Gasteiger charge is -2.18. The Morgan fingerprint density at radius 1 is 1.07 bits per heavy atom. The Morgan fingerprint density at radius 2 is 1.70 bits per heavy atom. The molecule has 0 aliphatic carbocycles. The van der Waals surface area contributed by atoms with Gasteiger partial charge in [0.05, 0.1) is 17.8 Å². The van der Waals surface area contributed by atoms with Gasteiger partial charge in [0.1, 0.15) is 5.82 Å². The third-order valence-electron chi connectivity index (χ3n) is 4.35. The summed E-state index contributed by atoms with van der Waals surface area (Å²) in [6.45, 7) is 5.60. The standard InChI is InChI=1S/C22H20FNO3/c1-4-27-22(26)20-15(3)24(18-11-5-14(2)6-12-18)21(25)19(20)13-16-7-9-17(23)10-8-16/h5-13H,4H2,1-3H3/b19-13-. The van der Waals surface area contributed by atoms with Crippen molar-refractivity contribution in [3.63, 3.8) is 0 Å². The summed E-state index contributed by atoms with van der Waals surface area (Å²) < 4.78 is 18.3. The fraction of sp³-hybridized carbons (Fsp3) is 0.182. The zero-order chi connectivity index (χ0) is 19.6. The number of ether oxygens (including phenoxy) is 1. The van der Waals surface area contributed by atoms with E-state index in [1.165, 1.54) is 17.0 Å². The highest BCUT2D eigenvalue weighted by molar-refractivity contribution is 6.23. The molecule has 2 aromatic carbocycles. The molecule has 0 radical (unpaired) electrons. The lowest BCUT2D eigenvalue weighted by molar-refractivity contribution is -0.138. The maximum atomic E-state index is 13.2. The zero-order valence-electron chi connectivity index (χ0n) is 15.5. The van der Waals surface area contributed by atoms with Crippen LogP contribution in [0.4, 0.5) is 10.1 Å². The van der Waals surface area contributed by atoms with Gasteiger partial charge >= 0.3 is 5.97 Å². The van der Waals surface area contributed by atoms with Gasteiger partial charge in [-0.05, 0) is 56.7 Å². The second-order valence-electron chi connectivity index (χ2n) is 6.27. The molecule has 1 aliphatic rings. The Hall–Kier alpha value is -3.21. The fourth-order valence-corrected chi connectivity index (χ4v) is 3.01. The Labute approximate surface area is 157 Å². The second kappa shape index (κ2) is 7.58. The lowest BCUT2D eigenvalue weighted by atomic mass is 10.0. The number of nitrogens with zero attached hydrogens (tertiary/aromatic N) is 1. The predicted molar refractivity (Wildman–Crippen MR) is 102 cm³/mol. The highest BCUT2D eigenvalue weighted by Gasteiger charge is 2.38. The Balaban J connectivity index is 2.11. The Morgan fingerprint density at radius 3 is 2.30 bits per heavy atom. The number of halogens is 1. The lowest BCUT2D eigenvalue weighted by Crippen LogP contribution is -2.24. The van der Waals surface area contributed by atoms with Gasteiger partial charge in [-0.15, -0.1) is 0 Å². The van der Waals surface area contributed by atoms with E-state index in [-0.39, 0.29) is 29.5 Å². The van der Waals surface area contributed by atoms with Crippen LogP contribution in [0.3, 0.4) is 0 Å². The van der Waals surface area contributed by atoms with E-state index in [2.05, 4.69) is 0 Å². The maximum Gasteiger partial charge on any atom is 0.340 e. The van der Waals surface area contributed by atoms with E-state index in [1.807, 2.05) is 31.2 Å². The summed E-state index contributed by atoms with van der Waals surface area (Å²) in [5, 5.41) is 0. The number of allylic oxidation sites excluding steroid dienone is 1. The molecule has 0 saturated heterocycles. The molecule has 0 spiro atoms. The van der Waals surface area contributed by atoms with E-state index in [0.29, 0.717) is 16.9 Å². The van der Waals surface area contributed by atoms with Crippen LogP contribution in [0.2, 0.25) is 0 Å². The highest BCUT2D eigenvalue weighted by atomic mass is 19.1. The summed E-state index contributed by atoms with van der Waals surface area (Å²) in [4.78, 5) is 27.2. The van der Waals surface area contributed by atoms with Gasteiger partial charge < -0.3 is 4.74 Å². The molecule has 5 heteroatoms. The first-order valence-electron chi connectivity index (χ1n) is 8.69. The minimum Gasteiger partial charge on any atom is -0.462 e. The van der Waals surface area contributed by atoms with Crippen LogP contribution in [0.5, 0.6) is 0 Å². The van der Waals surface area contributed by atoms with Crippen LogP contribution in [0.1, 0.15) is 25.0 Å². The van der Waals surface area contributed by atoms with Crippen molar-refractivity contribution in [2.75, 3.05) is 11.5 Å².